The third-order valence-electron chi connectivity index (χ3n) is 4.14. The van der Waals surface area contributed by atoms with Gasteiger partial charge in [0.2, 0.25) is 17.2 Å². The van der Waals surface area contributed by atoms with Gasteiger partial charge < -0.3 is 50.7 Å². The van der Waals surface area contributed by atoms with Gasteiger partial charge in [0, 0.05) is 13.2 Å². The number of aryl methyl sites for hydroxylation is 1. The number of benzene rings is 1. The van der Waals surface area contributed by atoms with Crippen LogP contribution in [-0.4, -0.2) is 86.6 Å². The van der Waals surface area contributed by atoms with Crippen molar-refractivity contribution in [3.63, 3.8) is 0 Å². The minimum atomic E-state index is -3.73. The monoisotopic (exact) mass is 403 g/mol. The van der Waals surface area contributed by atoms with Gasteiger partial charge in [0.25, 0.3) is 0 Å². The van der Waals surface area contributed by atoms with Gasteiger partial charge in [-0.3, -0.25) is 9.58 Å². The van der Waals surface area contributed by atoms with Gasteiger partial charge in [-0.1, -0.05) is 0 Å². The fourth-order valence-electron chi connectivity index (χ4n) is 2.40. The van der Waals surface area contributed by atoms with Crippen molar-refractivity contribution in [2.24, 2.45) is 7.05 Å². The summed E-state index contributed by atoms with van der Waals surface area (Å²) in [6.07, 6.45) is -0.702. The first kappa shape index (κ1) is 21.5. The molecule has 0 fully saturated rings. The summed E-state index contributed by atoms with van der Waals surface area (Å²) >= 11 is 0. The van der Waals surface area contributed by atoms with Crippen molar-refractivity contribution in [2.45, 2.75) is 18.0 Å². The van der Waals surface area contributed by atoms with Gasteiger partial charge in [-0.25, -0.2) is 0 Å². The fraction of sp³-hybridized carbons (Fsp3) is 0.400. The molecule has 1 aromatic carbocycles. The van der Waals surface area contributed by atoms with Crippen LogP contribution in [0.15, 0.2) is 12.3 Å². The van der Waals surface area contributed by atoms with Gasteiger partial charge in [-0.15, -0.1) is 0 Å². The van der Waals surface area contributed by atoms with Crippen molar-refractivity contribution in [1.82, 2.24) is 14.7 Å². The standard InChI is InChI=1S/C15H21N3O10/c1-17(2)14(24,25)15(26,27)28-13(6-4-5-16-18(6)3)7-8(19)10(21)12(23)11(22)9(7)20/h4-5,13,19-27H,1-3H3. The molecule has 1 unspecified atom stereocenters. The van der Waals surface area contributed by atoms with Crippen molar-refractivity contribution >= 4 is 0 Å². The molecule has 0 saturated carbocycles. The van der Waals surface area contributed by atoms with E-state index in [2.05, 4.69) is 5.10 Å². The van der Waals surface area contributed by atoms with E-state index in [0.29, 0.717) is 4.90 Å². The lowest BCUT2D eigenvalue weighted by Crippen LogP contribution is -2.64. The Bertz CT molecular complexity index is 848. The van der Waals surface area contributed by atoms with Gasteiger partial charge in [0.1, 0.15) is 6.10 Å². The van der Waals surface area contributed by atoms with Crippen LogP contribution in [0.3, 0.4) is 0 Å². The molecule has 2 rings (SSSR count). The van der Waals surface area contributed by atoms with Gasteiger partial charge >= 0.3 is 11.9 Å². The molecular formula is C15H21N3O10. The van der Waals surface area contributed by atoms with E-state index in [1.54, 1.807) is 0 Å². The van der Waals surface area contributed by atoms with Crippen molar-refractivity contribution < 1.29 is 50.7 Å². The largest absolute Gasteiger partial charge is 0.504 e. The van der Waals surface area contributed by atoms with Crippen LogP contribution in [0.5, 0.6) is 28.7 Å². The SMILES string of the molecule is CN(C)C(O)(O)C(O)(O)OC(c1c(O)c(O)c(O)c(O)c1O)c1ccnn1C. The molecule has 0 aliphatic rings. The second-order valence-corrected chi connectivity index (χ2v) is 6.17. The summed E-state index contributed by atoms with van der Waals surface area (Å²) < 4.78 is 6.08. The molecule has 28 heavy (non-hydrogen) atoms. The normalized spacial score (nSPS) is 13.9. The number of phenolic OH excluding ortho intramolecular Hbond substituents is 5. The zero-order valence-electron chi connectivity index (χ0n) is 15.0. The fourth-order valence-corrected chi connectivity index (χ4v) is 2.40. The molecule has 0 saturated heterocycles. The van der Waals surface area contributed by atoms with Crippen molar-refractivity contribution in [3.8, 4) is 28.7 Å². The van der Waals surface area contributed by atoms with E-state index in [-0.39, 0.29) is 5.69 Å². The predicted octanol–water partition coefficient (Wildman–Crippen LogP) is -2.11. The van der Waals surface area contributed by atoms with Gasteiger partial charge in [0.15, 0.2) is 11.5 Å². The molecule has 13 heteroatoms. The van der Waals surface area contributed by atoms with Crippen LogP contribution >= 0.6 is 0 Å². The number of ether oxygens (including phenoxy) is 1. The van der Waals surface area contributed by atoms with E-state index in [1.165, 1.54) is 19.3 Å². The van der Waals surface area contributed by atoms with E-state index in [4.69, 9.17) is 4.74 Å². The number of phenols is 5. The van der Waals surface area contributed by atoms with Crippen molar-refractivity contribution in [1.29, 1.82) is 0 Å². The minimum Gasteiger partial charge on any atom is -0.504 e. The Kier molecular flexibility index (Phi) is 5.35. The maximum absolute atomic E-state index is 10.2. The minimum absolute atomic E-state index is 0.0860. The summed E-state index contributed by atoms with van der Waals surface area (Å²) in [5, 5.41) is 93.4. The Hall–Kier alpha value is -2.81. The summed E-state index contributed by atoms with van der Waals surface area (Å²) in [5.41, 5.74) is -0.907. The second kappa shape index (κ2) is 6.97. The number of aromatic nitrogens is 2. The Morgan fingerprint density at radius 2 is 1.39 bits per heavy atom. The first-order chi connectivity index (χ1) is 12.7. The third-order valence-corrected chi connectivity index (χ3v) is 4.14. The summed E-state index contributed by atoms with van der Waals surface area (Å²) in [6, 6.07) is 1.24. The predicted molar refractivity (Wildman–Crippen MR) is 88.9 cm³/mol. The number of nitrogens with zero attached hydrogens (tertiary/aromatic N) is 3. The van der Waals surface area contributed by atoms with Crippen LogP contribution in [-0.2, 0) is 11.8 Å². The van der Waals surface area contributed by atoms with Crippen LogP contribution in [0.2, 0.25) is 0 Å². The molecule has 1 heterocycles. The molecule has 13 nitrogen and oxygen atoms in total. The molecule has 0 amide bonds. The Labute approximate surface area is 157 Å². The quantitative estimate of drug-likeness (QED) is 0.144. The summed E-state index contributed by atoms with van der Waals surface area (Å²) in [6.45, 7) is 0. The first-order valence-electron chi connectivity index (χ1n) is 7.65. The van der Waals surface area contributed by atoms with Crippen molar-refractivity contribution in [3.05, 3.63) is 23.5 Å². The lowest BCUT2D eigenvalue weighted by molar-refractivity contribution is -0.498. The van der Waals surface area contributed by atoms with E-state index in [0.717, 1.165) is 18.8 Å². The van der Waals surface area contributed by atoms with E-state index in [9.17, 15) is 46.0 Å². The topological polar surface area (TPSA) is 212 Å². The maximum atomic E-state index is 10.2. The Balaban J connectivity index is 2.73. The van der Waals surface area contributed by atoms with E-state index >= 15 is 0 Å². The summed E-state index contributed by atoms with van der Waals surface area (Å²) in [5.74, 6) is -13.2. The van der Waals surface area contributed by atoms with Crippen LogP contribution in [0, 0.1) is 0 Å². The highest BCUT2D eigenvalue weighted by Crippen LogP contribution is 2.54. The summed E-state index contributed by atoms with van der Waals surface area (Å²) in [7, 11) is 3.53. The van der Waals surface area contributed by atoms with Crippen LogP contribution < -0.4 is 0 Å². The molecule has 0 bridgehead atoms. The van der Waals surface area contributed by atoms with Crippen molar-refractivity contribution in [2.75, 3.05) is 14.1 Å². The molecule has 156 valence electrons. The molecule has 2 aromatic rings. The van der Waals surface area contributed by atoms with Gasteiger partial charge in [-0.05, 0) is 20.2 Å². The molecule has 0 aliphatic heterocycles. The highest BCUT2D eigenvalue weighted by atomic mass is 16.8. The number of hydrogen-bond acceptors (Lipinski definition) is 12. The molecule has 1 aromatic heterocycles. The van der Waals surface area contributed by atoms with Crippen LogP contribution in [0.4, 0.5) is 0 Å². The molecule has 0 aliphatic carbocycles. The molecule has 0 spiro atoms. The average Bonchev–Trinajstić information content (AvgIpc) is 3.02. The number of aromatic hydroxyl groups is 5. The van der Waals surface area contributed by atoms with Gasteiger partial charge in [0.05, 0.1) is 11.3 Å². The maximum Gasteiger partial charge on any atom is 0.352 e. The highest BCUT2D eigenvalue weighted by molar-refractivity contribution is 5.68. The van der Waals surface area contributed by atoms with Gasteiger partial charge in [-0.2, -0.15) is 5.10 Å². The second-order valence-electron chi connectivity index (χ2n) is 6.17. The smallest absolute Gasteiger partial charge is 0.352 e. The van der Waals surface area contributed by atoms with E-state index in [1.807, 2.05) is 0 Å². The zero-order chi connectivity index (χ0) is 21.6. The Morgan fingerprint density at radius 1 is 0.929 bits per heavy atom. The zero-order valence-corrected chi connectivity index (χ0v) is 15.0. The number of hydrogen-bond donors (Lipinski definition) is 9. The lowest BCUT2D eigenvalue weighted by atomic mass is 10.0. The molecular weight excluding hydrogens is 382 g/mol. The molecule has 0 radical (unpaired) electrons. The summed E-state index contributed by atoms with van der Waals surface area (Å²) in [4.78, 5) is 0.582. The lowest BCUT2D eigenvalue weighted by Gasteiger charge is -2.40. The first-order valence-corrected chi connectivity index (χ1v) is 7.65. The highest BCUT2D eigenvalue weighted by Gasteiger charge is 2.54. The Morgan fingerprint density at radius 3 is 1.79 bits per heavy atom. The van der Waals surface area contributed by atoms with E-state index < -0.39 is 52.3 Å². The average molecular weight is 403 g/mol. The number of rotatable bonds is 6. The molecule has 9 N–H and O–H groups in total. The number of aliphatic hydroxyl groups is 4. The molecule has 1 atom stereocenters. The van der Waals surface area contributed by atoms with Crippen LogP contribution in [0.25, 0.3) is 0 Å². The third kappa shape index (κ3) is 3.26. The number of likely N-dealkylation sites (N-methyl/N-ethyl adjacent to an activating group) is 1. The van der Waals surface area contributed by atoms with Crippen LogP contribution in [0.1, 0.15) is 17.4 Å².